The van der Waals surface area contributed by atoms with Crippen molar-refractivity contribution in [1.29, 1.82) is 5.26 Å². The normalized spacial score (nSPS) is 14.9. The summed E-state index contributed by atoms with van der Waals surface area (Å²) in [5, 5.41) is 9.08. The Bertz CT molecular complexity index is 371. The predicted molar refractivity (Wildman–Crippen MR) is 53.9 cm³/mol. The minimum absolute atomic E-state index is 0.807. The molecule has 0 radical (unpaired) electrons. The van der Waals surface area contributed by atoms with Gasteiger partial charge in [0, 0.05) is 13.0 Å². The SMILES string of the molecule is CCCc1nc2n(c1C#N)CCCC2. The van der Waals surface area contributed by atoms with Crippen LogP contribution in [-0.2, 0) is 19.4 Å². The monoisotopic (exact) mass is 189 g/mol. The first-order valence-electron chi connectivity index (χ1n) is 5.35. The van der Waals surface area contributed by atoms with Crippen molar-refractivity contribution < 1.29 is 0 Å². The smallest absolute Gasteiger partial charge is 0.143 e. The fourth-order valence-electron chi connectivity index (χ4n) is 2.07. The highest BCUT2D eigenvalue weighted by Crippen LogP contribution is 2.19. The number of fused-ring (bicyclic) bond motifs is 1. The molecule has 1 aliphatic rings. The Morgan fingerprint density at radius 3 is 3.07 bits per heavy atom. The van der Waals surface area contributed by atoms with Gasteiger partial charge in [0.05, 0.1) is 5.69 Å². The second-order valence-corrected chi connectivity index (χ2v) is 3.79. The van der Waals surface area contributed by atoms with Gasteiger partial charge >= 0.3 is 0 Å². The van der Waals surface area contributed by atoms with E-state index in [0.29, 0.717) is 0 Å². The summed E-state index contributed by atoms with van der Waals surface area (Å²) < 4.78 is 2.11. The first kappa shape index (κ1) is 9.26. The van der Waals surface area contributed by atoms with Crippen molar-refractivity contribution in [3.05, 3.63) is 17.2 Å². The molecule has 1 aromatic heterocycles. The van der Waals surface area contributed by atoms with Crippen molar-refractivity contribution in [2.45, 2.75) is 45.6 Å². The number of imidazole rings is 1. The molecule has 3 nitrogen and oxygen atoms in total. The summed E-state index contributed by atoms with van der Waals surface area (Å²) in [7, 11) is 0. The fourth-order valence-corrected chi connectivity index (χ4v) is 2.07. The first-order chi connectivity index (χ1) is 6.86. The summed E-state index contributed by atoms with van der Waals surface area (Å²) in [6.07, 6.45) is 5.43. The number of aromatic nitrogens is 2. The second-order valence-electron chi connectivity index (χ2n) is 3.79. The van der Waals surface area contributed by atoms with Gasteiger partial charge in [-0.15, -0.1) is 0 Å². The maximum absolute atomic E-state index is 9.08. The zero-order valence-corrected chi connectivity index (χ0v) is 8.58. The molecule has 1 aromatic rings. The van der Waals surface area contributed by atoms with Crippen LogP contribution in [0.5, 0.6) is 0 Å². The standard InChI is InChI=1S/C11H15N3/c1-2-5-9-10(8-12)14-7-4-3-6-11(14)13-9/h2-7H2,1H3. The molecular weight excluding hydrogens is 174 g/mol. The number of rotatable bonds is 2. The Morgan fingerprint density at radius 1 is 1.50 bits per heavy atom. The molecule has 2 heterocycles. The molecule has 74 valence electrons. The Hall–Kier alpha value is -1.30. The highest BCUT2D eigenvalue weighted by atomic mass is 15.1. The van der Waals surface area contributed by atoms with E-state index in [4.69, 9.17) is 5.26 Å². The van der Waals surface area contributed by atoms with Crippen LogP contribution >= 0.6 is 0 Å². The Kier molecular flexibility index (Phi) is 2.53. The molecule has 0 aliphatic carbocycles. The number of hydrogen-bond acceptors (Lipinski definition) is 2. The minimum Gasteiger partial charge on any atom is -0.320 e. The lowest BCUT2D eigenvalue weighted by Crippen LogP contribution is -2.11. The molecule has 0 spiro atoms. The van der Waals surface area contributed by atoms with Crippen molar-refractivity contribution in [2.75, 3.05) is 0 Å². The van der Waals surface area contributed by atoms with Crippen LogP contribution in [0.2, 0.25) is 0 Å². The lowest BCUT2D eigenvalue weighted by molar-refractivity contribution is 0.519. The summed E-state index contributed by atoms with van der Waals surface area (Å²) in [6, 6.07) is 2.29. The van der Waals surface area contributed by atoms with Gasteiger partial charge in [0.15, 0.2) is 0 Å². The third-order valence-electron chi connectivity index (χ3n) is 2.74. The van der Waals surface area contributed by atoms with Gasteiger partial charge in [-0.05, 0) is 19.3 Å². The third-order valence-corrected chi connectivity index (χ3v) is 2.74. The molecule has 1 aliphatic heterocycles. The Morgan fingerprint density at radius 2 is 2.36 bits per heavy atom. The molecule has 0 saturated heterocycles. The molecule has 0 bridgehead atoms. The molecule has 0 aromatic carbocycles. The zero-order valence-electron chi connectivity index (χ0n) is 8.58. The predicted octanol–water partition coefficient (Wildman–Crippen LogP) is 2.04. The highest BCUT2D eigenvalue weighted by molar-refractivity contribution is 5.30. The van der Waals surface area contributed by atoms with Gasteiger partial charge < -0.3 is 4.57 Å². The quantitative estimate of drug-likeness (QED) is 0.714. The molecule has 0 saturated carbocycles. The molecule has 0 atom stereocenters. The summed E-state index contributed by atoms with van der Waals surface area (Å²) in [5.41, 5.74) is 1.81. The van der Waals surface area contributed by atoms with E-state index in [0.717, 1.165) is 43.0 Å². The largest absolute Gasteiger partial charge is 0.320 e. The molecule has 2 rings (SSSR count). The van der Waals surface area contributed by atoms with Crippen molar-refractivity contribution in [2.24, 2.45) is 0 Å². The van der Waals surface area contributed by atoms with E-state index < -0.39 is 0 Å². The molecular formula is C11H15N3. The van der Waals surface area contributed by atoms with Gasteiger partial charge in [0.2, 0.25) is 0 Å². The van der Waals surface area contributed by atoms with E-state index in [2.05, 4.69) is 22.5 Å². The van der Waals surface area contributed by atoms with E-state index in [1.807, 2.05) is 0 Å². The van der Waals surface area contributed by atoms with E-state index in [1.54, 1.807) is 0 Å². The topological polar surface area (TPSA) is 41.6 Å². The molecule has 0 unspecified atom stereocenters. The fraction of sp³-hybridized carbons (Fsp3) is 0.636. The molecule has 0 N–H and O–H groups in total. The van der Waals surface area contributed by atoms with Gasteiger partial charge in [-0.1, -0.05) is 13.3 Å². The van der Waals surface area contributed by atoms with Gasteiger partial charge in [0.25, 0.3) is 0 Å². The molecule has 14 heavy (non-hydrogen) atoms. The van der Waals surface area contributed by atoms with Crippen LogP contribution in [0.25, 0.3) is 0 Å². The first-order valence-corrected chi connectivity index (χ1v) is 5.35. The van der Waals surface area contributed by atoms with Crippen molar-refractivity contribution in [3.8, 4) is 6.07 Å². The van der Waals surface area contributed by atoms with Crippen molar-refractivity contribution in [3.63, 3.8) is 0 Å². The van der Waals surface area contributed by atoms with Gasteiger partial charge in [0.1, 0.15) is 17.6 Å². The third kappa shape index (κ3) is 1.41. The highest BCUT2D eigenvalue weighted by Gasteiger charge is 2.18. The Balaban J connectivity index is 2.42. The van der Waals surface area contributed by atoms with Crippen LogP contribution in [0.4, 0.5) is 0 Å². The van der Waals surface area contributed by atoms with Crippen molar-refractivity contribution >= 4 is 0 Å². The molecule has 0 amide bonds. The number of nitriles is 1. The van der Waals surface area contributed by atoms with E-state index in [9.17, 15) is 0 Å². The van der Waals surface area contributed by atoms with Gasteiger partial charge in [-0.2, -0.15) is 5.26 Å². The van der Waals surface area contributed by atoms with Crippen LogP contribution in [0, 0.1) is 11.3 Å². The summed E-state index contributed by atoms with van der Waals surface area (Å²) in [6.45, 7) is 3.11. The minimum atomic E-state index is 0.807. The maximum atomic E-state index is 9.08. The summed E-state index contributed by atoms with van der Waals surface area (Å²) in [5.74, 6) is 1.12. The van der Waals surface area contributed by atoms with Crippen LogP contribution < -0.4 is 0 Å². The van der Waals surface area contributed by atoms with E-state index >= 15 is 0 Å². The van der Waals surface area contributed by atoms with Crippen molar-refractivity contribution in [1.82, 2.24) is 9.55 Å². The lowest BCUT2D eigenvalue weighted by atomic mass is 10.1. The molecule has 3 heteroatoms. The van der Waals surface area contributed by atoms with Crippen LogP contribution in [-0.4, -0.2) is 9.55 Å². The summed E-state index contributed by atoms with van der Waals surface area (Å²) >= 11 is 0. The lowest BCUT2D eigenvalue weighted by Gasteiger charge is -2.13. The number of aryl methyl sites for hydroxylation is 2. The van der Waals surface area contributed by atoms with Crippen LogP contribution in [0.1, 0.15) is 43.4 Å². The zero-order chi connectivity index (χ0) is 9.97. The summed E-state index contributed by atoms with van der Waals surface area (Å²) in [4.78, 5) is 4.55. The molecule has 0 fully saturated rings. The Labute approximate surface area is 84.4 Å². The average molecular weight is 189 g/mol. The van der Waals surface area contributed by atoms with E-state index in [1.165, 1.54) is 12.8 Å². The van der Waals surface area contributed by atoms with Crippen LogP contribution in [0.15, 0.2) is 0 Å². The number of nitrogens with zero attached hydrogens (tertiary/aromatic N) is 3. The van der Waals surface area contributed by atoms with Gasteiger partial charge in [-0.25, -0.2) is 4.98 Å². The van der Waals surface area contributed by atoms with E-state index in [-0.39, 0.29) is 0 Å². The number of hydrogen-bond donors (Lipinski definition) is 0. The maximum Gasteiger partial charge on any atom is 0.143 e. The van der Waals surface area contributed by atoms with Gasteiger partial charge in [-0.3, -0.25) is 0 Å². The van der Waals surface area contributed by atoms with Crippen LogP contribution in [0.3, 0.4) is 0 Å². The second kappa shape index (κ2) is 3.83. The average Bonchev–Trinajstić information content (AvgIpc) is 2.55.